The maximum Gasteiger partial charge on any atom is 0.217 e. The number of aliphatic hydroxyl groups excluding tert-OH is 29. The van der Waals surface area contributed by atoms with Gasteiger partial charge >= 0.3 is 0 Å². The minimum Gasteiger partial charge on any atom is -0.394 e. The van der Waals surface area contributed by atoms with Crippen molar-refractivity contribution in [3.63, 3.8) is 0 Å². The number of carbonyl (C=O) groups excluding carboxylic acids is 6. The number of nitrogens with one attached hydrogen (secondary N) is 6. The van der Waals surface area contributed by atoms with Crippen LogP contribution in [0.25, 0.3) is 0 Å². The van der Waals surface area contributed by atoms with Gasteiger partial charge in [-0.3, -0.25) is 28.8 Å². The lowest BCUT2D eigenvalue weighted by atomic mass is 9.93. The van der Waals surface area contributed by atoms with E-state index < -0.39 is 439 Å². The largest absolute Gasteiger partial charge is 0.394 e. The van der Waals surface area contributed by atoms with E-state index in [1.165, 1.54) is 6.92 Å². The second-order valence-electron chi connectivity index (χ2n) is 35.1. The van der Waals surface area contributed by atoms with Crippen LogP contribution in [0, 0.1) is 0 Å². The average Bonchev–Trinajstić information content (AvgIpc) is 0.754. The summed E-state index contributed by atoms with van der Waals surface area (Å²) in [7, 11) is 0. The Morgan fingerprint density at radius 3 is 1.01 bits per heavy atom. The van der Waals surface area contributed by atoms with Gasteiger partial charge < -0.3 is 275 Å². The van der Waals surface area contributed by atoms with Gasteiger partial charge in [0.2, 0.25) is 35.4 Å². The Morgan fingerprint density at radius 2 is 0.576 bits per heavy atom. The first-order valence-electron chi connectivity index (χ1n) is 44.4. The average molecular weight is 2030 g/mol. The molecule has 0 radical (unpaired) electrons. The first kappa shape index (κ1) is 116. The normalized spacial score (nSPS) is 45.9. The maximum absolute atomic E-state index is 13.5. The molecule has 0 saturated carbocycles. The van der Waals surface area contributed by atoms with Gasteiger partial charge in [-0.1, -0.05) is 0 Å². The van der Waals surface area contributed by atoms with Crippen molar-refractivity contribution in [2.75, 3.05) is 72.7 Å². The number of hydrogen-bond donors (Lipinski definition) is 35. The van der Waals surface area contributed by atoms with Crippen LogP contribution in [-0.2, 0) is 124 Å². The lowest BCUT2D eigenvalue weighted by Crippen LogP contribution is -2.71. The van der Waals surface area contributed by atoms with Crippen molar-refractivity contribution < 1.29 is 272 Å². The number of aliphatic hydroxyl groups is 29. The molecule has 10 aliphatic rings. The van der Waals surface area contributed by atoms with E-state index >= 15 is 0 Å². The second kappa shape index (κ2) is 51.5. The molecule has 10 saturated heterocycles. The fourth-order valence-electron chi connectivity index (χ4n) is 17.6. The van der Waals surface area contributed by atoms with Gasteiger partial charge in [-0.25, -0.2) is 0 Å². The third-order valence-corrected chi connectivity index (χ3v) is 25.0. The van der Waals surface area contributed by atoms with Gasteiger partial charge in [-0.2, -0.15) is 0 Å². The highest BCUT2D eigenvalue weighted by atomic mass is 16.8. The van der Waals surface area contributed by atoms with Crippen molar-refractivity contribution in [3.05, 3.63) is 0 Å². The summed E-state index contributed by atoms with van der Waals surface area (Å²) < 4.78 is 121. The number of hydrogen-bond acceptors (Lipinski definition) is 55. The topological polar surface area (TPSA) is 946 Å². The molecule has 0 aromatic rings. The van der Waals surface area contributed by atoms with Gasteiger partial charge in [-0.05, 0) is 6.92 Å². The molecule has 0 bridgehead atoms. The Balaban J connectivity index is 1.08. The van der Waals surface area contributed by atoms with Gasteiger partial charge in [-0.15, -0.1) is 0 Å². The molecule has 10 heterocycles. The SMILES string of the molecule is CC(=O)N[C@H]1[C@H](O[C@@H]([C@H](O)[C@H](CO)NC(C)=O)[C@H](O)CO[C@@H]2O[C@@H](C)[C@@H](O)[C@@H](O)[C@@H]2O)O[C@H](CO)[C@@H](O[C@@H]2O[C@H](CO[C@H]3O[C@H](CO[C@@H]4O[C@H](CO)[C@@H](O)[C@H](O)[C@H]4NC(C)=O)[C@@H](O)[C@H](O)[C@@H]3O[C@@H]3O[C@H](CO)[C@@H](O)[C@H](O)[C@H]3NC(C)=O)[C@@H](O)[C@H](O[C@H]3O[C@H](CO)[C@@H](O[C@@H]4O[C@H](CO)[C@@H](O)[C@H](O)[C@H]4NC(C)=O)[C@H](O)[C@@H]3O[C@@H]3O[C@H](CO)[C@@H](O[C@@H]4O[C@H](CO)[C@H](O)[C@H](O)[C@H]4O)[C@H](O)[C@H]3NC(C)=O)[C@@H]2O)[C@@H]1O. The molecule has 0 aliphatic carbocycles. The van der Waals surface area contributed by atoms with E-state index in [9.17, 15) is 177 Å². The van der Waals surface area contributed by atoms with Crippen LogP contribution in [-0.4, -0.2) is 587 Å². The number of amides is 6. The summed E-state index contributed by atoms with van der Waals surface area (Å²) in [6, 6.07) is -11.6. The highest BCUT2D eigenvalue weighted by Gasteiger charge is 2.62. The first-order chi connectivity index (χ1) is 65.6. The zero-order valence-corrected chi connectivity index (χ0v) is 75.5. The van der Waals surface area contributed by atoms with Crippen LogP contribution in [0.3, 0.4) is 0 Å². The molecular weight excluding hydrogens is 1900 g/mol. The molecule has 10 fully saturated rings. The summed E-state index contributed by atoms with van der Waals surface area (Å²) in [6.45, 7) is -6.13. The summed E-state index contributed by atoms with van der Waals surface area (Å²) in [5.41, 5.74) is 0. The van der Waals surface area contributed by atoms with E-state index in [-0.39, 0.29) is 0 Å². The summed E-state index contributed by atoms with van der Waals surface area (Å²) >= 11 is 0. The Hall–Kier alpha value is -5.14. The van der Waals surface area contributed by atoms with E-state index in [0.29, 0.717) is 0 Å². The first-order valence-corrected chi connectivity index (χ1v) is 44.4. The standard InChI is InChI=1S/C78H132N6O55/c1-19-42(100)55(113)58(116)74(123-19)120-16-27(99)62(43(101)26(8-85)79-20(2)93)133-72-40(83-24(6)97)53(111)64(33(14-91)128-72)136-76-61(119)66(49(107)36(131-76)18-122-77-67(138-71-39(82-23(5)96)52(110)46(104)30(11-88)126-71)57(115)48(106)35(132-77)17-121-69-37(80-21(3)94)50(108)44(102)28(9-86)124-69)137-78-68(60(118)65(34(15-92)130-78)134-70-38(81-22(4)95)51(109)45(103)29(10-87)125-70)139-73-41(84-25(7)98)54(112)63(32(13-90)129-73)135-75-59(117)56(114)47(105)31(12-89)127-75/h19,26-78,85-92,99-119H,8-18H2,1-7H3,(H,79,93)(H,80,94)(H,81,95)(H,82,96)(H,83,97)(H,84,98)/t19-,26-,27+,28+,29+,30+,31+,32+,33+,34+,35+,36+,37+,38+,39+,40+,41+,42+,43+,44+,45+,46+,47-,48+,49+,50+,51+,52+,53+,54+,55+,56-,57-,58-,59+,60-,61-,62+,63+,64+,65+,66-,67-,68-,69+,70-,71-,72-,73-,74+,75-,76-,77-,78+/m0/s1. The van der Waals surface area contributed by atoms with E-state index in [2.05, 4.69) is 31.9 Å². The molecule has 804 valence electrons. The molecule has 0 unspecified atom stereocenters. The zero-order chi connectivity index (χ0) is 103. The molecule has 6 amide bonds. The molecule has 139 heavy (non-hydrogen) atoms. The number of ether oxygens (including phenoxy) is 20. The number of rotatable bonds is 40. The molecule has 61 heteroatoms. The molecule has 10 aliphatic heterocycles. The highest BCUT2D eigenvalue weighted by Crippen LogP contribution is 2.41. The molecule has 0 aromatic carbocycles. The van der Waals surface area contributed by atoms with E-state index in [1.807, 2.05) is 0 Å². The fourth-order valence-corrected chi connectivity index (χ4v) is 17.6. The predicted molar refractivity (Wildman–Crippen MR) is 433 cm³/mol. The lowest BCUT2D eigenvalue weighted by molar-refractivity contribution is -0.405. The van der Waals surface area contributed by atoms with E-state index in [1.54, 1.807) is 0 Å². The Morgan fingerprint density at radius 1 is 0.266 bits per heavy atom. The molecule has 10 rings (SSSR count). The fraction of sp³-hybridized carbons (Fsp3) is 0.923. The molecule has 35 N–H and O–H groups in total. The van der Waals surface area contributed by atoms with Crippen molar-refractivity contribution in [1.29, 1.82) is 0 Å². The van der Waals surface area contributed by atoms with Crippen molar-refractivity contribution >= 4 is 35.4 Å². The van der Waals surface area contributed by atoms with Crippen LogP contribution >= 0.6 is 0 Å². The summed E-state index contributed by atoms with van der Waals surface area (Å²) in [5, 5.41) is 343. The Labute approximate surface area is 788 Å². The highest BCUT2D eigenvalue weighted by molar-refractivity contribution is 5.75. The molecular formula is C78H132N6O55. The Kier molecular flexibility index (Phi) is 42.9. The monoisotopic (exact) mass is 2030 g/mol. The lowest BCUT2D eigenvalue weighted by Gasteiger charge is -2.52. The van der Waals surface area contributed by atoms with Gasteiger partial charge in [0.1, 0.15) is 256 Å². The molecule has 54 atom stereocenters. The Bertz CT molecular complexity index is 3840. The zero-order valence-electron chi connectivity index (χ0n) is 75.5. The van der Waals surface area contributed by atoms with Crippen LogP contribution in [0.4, 0.5) is 0 Å². The minimum atomic E-state index is -2.80. The van der Waals surface area contributed by atoms with Gasteiger partial charge in [0.05, 0.1) is 84.8 Å². The van der Waals surface area contributed by atoms with Crippen LogP contribution in [0.5, 0.6) is 0 Å². The van der Waals surface area contributed by atoms with Gasteiger partial charge in [0.15, 0.2) is 62.9 Å². The van der Waals surface area contributed by atoms with E-state index in [0.717, 1.165) is 41.5 Å². The molecule has 0 spiro atoms. The third-order valence-electron chi connectivity index (χ3n) is 25.0. The smallest absolute Gasteiger partial charge is 0.217 e. The van der Waals surface area contributed by atoms with Crippen molar-refractivity contribution in [2.24, 2.45) is 0 Å². The summed E-state index contributed by atoms with van der Waals surface area (Å²) in [4.78, 5) is 77.5. The molecule has 0 aromatic heterocycles. The summed E-state index contributed by atoms with van der Waals surface area (Å²) in [6.07, 6.45) is -105. The van der Waals surface area contributed by atoms with Crippen LogP contribution < -0.4 is 31.9 Å². The van der Waals surface area contributed by atoms with E-state index in [4.69, 9.17) is 94.7 Å². The van der Waals surface area contributed by atoms with Gasteiger partial charge in [0, 0.05) is 41.5 Å². The van der Waals surface area contributed by atoms with Crippen LogP contribution in [0.2, 0.25) is 0 Å². The second-order valence-corrected chi connectivity index (χ2v) is 35.1. The minimum absolute atomic E-state index is 0.846. The predicted octanol–water partition coefficient (Wildman–Crippen LogP) is -23.5. The van der Waals surface area contributed by atoms with Crippen molar-refractivity contribution in [3.8, 4) is 0 Å². The summed E-state index contributed by atoms with van der Waals surface area (Å²) in [5.74, 6) is -5.78. The maximum atomic E-state index is 13.5. The van der Waals surface area contributed by atoms with Crippen molar-refractivity contribution in [2.45, 2.75) is 380 Å². The van der Waals surface area contributed by atoms with Gasteiger partial charge in [0.25, 0.3) is 0 Å². The molecule has 61 nitrogen and oxygen atoms in total. The van der Waals surface area contributed by atoms with Crippen molar-refractivity contribution in [1.82, 2.24) is 31.9 Å². The number of carbonyl (C=O) groups is 6. The van der Waals surface area contributed by atoms with Crippen LogP contribution in [0.15, 0.2) is 0 Å². The quantitative estimate of drug-likeness (QED) is 0.0271. The third kappa shape index (κ3) is 27.1. The van der Waals surface area contributed by atoms with Crippen LogP contribution in [0.1, 0.15) is 48.5 Å².